The molecule has 0 amide bonds. The molecule has 0 radical (unpaired) electrons. The van der Waals surface area contributed by atoms with Gasteiger partial charge in [0.15, 0.2) is 0 Å². The highest BCUT2D eigenvalue weighted by atomic mass is 16.5. The minimum atomic E-state index is 0.412. The number of rotatable bonds is 7. The molecule has 2 N–H and O–H groups in total. The Morgan fingerprint density at radius 2 is 2.19 bits per heavy atom. The number of likely N-dealkylation sites (tertiary alicyclic amines) is 1. The third-order valence-electron chi connectivity index (χ3n) is 4.55. The second-order valence-corrected chi connectivity index (χ2v) is 5.95. The van der Waals surface area contributed by atoms with Crippen molar-refractivity contribution < 1.29 is 4.74 Å². The number of ether oxygens (including phenoxy) is 1. The zero-order valence-corrected chi connectivity index (χ0v) is 13.6. The second-order valence-electron chi connectivity index (χ2n) is 5.95. The summed E-state index contributed by atoms with van der Waals surface area (Å²) >= 11 is 0. The number of benzene rings is 1. The van der Waals surface area contributed by atoms with Gasteiger partial charge in [0.05, 0.1) is 6.61 Å². The summed E-state index contributed by atoms with van der Waals surface area (Å²) in [7, 11) is 0. The van der Waals surface area contributed by atoms with Crippen LogP contribution in [-0.4, -0.2) is 37.2 Å². The molecule has 118 valence electrons. The normalized spacial score (nSPS) is 21.2. The van der Waals surface area contributed by atoms with Gasteiger partial charge >= 0.3 is 0 Å². The highest BCUT2D eigenvalue weighted by molar-refractivity contribution is 5.32. The van der Waals surface area contributed by atoms with E-state index < -0.39 is 0 Å². The van der Waals surface area contributed by atoms with Gasteiger partial charge in [-0.2, -0.15) is 0 Å². The van der Waals surface area contributed by atoms with Crippen LogP contribution < -0.4 is 10.5 Å². The lowest BCUT2D eigenvalue weighted by Gasteiger charge is -2.40. The Balaban J connectivity index is 2.15. The number of hydrogen-bond donors (Lipinski definition) is 1. The molecule has 1 aromatic carbocycles. The van der Waals surface area contributed by atoms with Gasteiger partial charge in [-0.1, -0.05) is 32.4 Å². The van der Waals surface area contributed by atoms with Crippen LogP contribution in [0.2, 0.25) is 0 Å². The van der Waals surface area contributed by atoms with E-state index in [1.54, 1.807) is 0 Å². The van der Waals surface area contributed by atoms with E-state index in [0.717, 1.165) is 25.3 Å². The lowest BCUT2D eigenvalue weighted by molar-refractivity contribution is 0.134. The Hall–Kier alpha value is -1.06. The van der Waals surface area contributed by atoms with Crippen LogP contribution in [-0.2, 0) is 0 Å². The van der Waals surface area contributed by atoms with Crippen LogP contribution in [0, 0.1) is 0 Å². The van der Waals surface area contributed by atoms with Crippen molar-refractivity contribution in [2.75, 3.05) is 26.2 Å². The summed E-state index contributed by atoms with van der Waals surface area (Å²) in [6.45, 7) is 8.21. The van der Waals surface area contributed by atoms with E-state index in [1.165, 1.54) is 31.4 Å². The molecule has 2 rings (SSSR count). The molecule has 1 heterocycles. The molecule has 0 aliphatic carbocycles. The fourth-order valence-electron chi connectivity index (χ4n) is 3.44. The van der Waals surface area contributed by atoms with Crippen molar-refractivity contribution in [3.05, 3.63) is 29.8 Å². The van der Waals surface area contributed by atoms with Crippen molar-refractivity contribution in [3.63, 3.8) is 0 Å². The zero-order chi connectivity index (χ0) is 15.1. The molecule has 2 unspecified atom stereocenters. The smallest absolute Gasteiger partial charge is 0.119 e. The average molecular weight is 290 g/mol. The standard InChI is InChI=1S/C18H30N2O/c1-3-12-21-16-9-7-8-15(13-16)17(14-19)18-10-5-6-11-20(18)4-2/h7-9,13,17-18H,3-6,10-12,14,19H2,1-2H3. The number of likely N-dealkylation sites (N-methyl/N-ethyl adjacent to an activating group) is 1. The molecule has 0 bridgehead atoms. The average Bonchev–Trinajstić information content (AvgIpc) is 2.54. The van der Waals surface area contributed by atoms with Gasteiger partial charge in [-0.05, 0) is 50.0 Å². The van der Waals surface area contributed by atoms with E-state index in [9.17, 15) is 0 Å². The molecule has 3 nitrogen and oxygen atoms in total. The Morgan fingerprint density at radius 1 is 1.33 bits per heavy atom. The highest BCUT2D eigenvalue weighted by Gasteiger charge is 2.29. The van der Waals surface area contributed by atoms with Crippen LogP contribution in [0.3, 0.4) is 0 Å². The lowest BCUT2D eigenvalue weighted by atomic mass is 9.85. The lowest BCUT2D eigenvalue weighted by Crippen LogP contribution is -2.45. The Morgan fingerprint density at radius 3 is 2.90 bits per heavy atom. The Kier molecular flexibility index (Phi) is 6.52. The molecular formula is C18H30N2O. The van der Waals surface area contributed by atoms with Crippen LogP contribution in [0.15, 0.2) is 24.3 Å². The summed E-state index contributed by atoms with van der Waals surface area (Å²) in [5, 5.41) is 0. The fraction of sp³-hybridized carbons (Fsp3) is 0.667. The number of hydrogen-bond acceptors (Lipinski definition) is 3. The predicted molar refractivity (Wildman–Crippen MR) is 88.9 cm³/mol. The van der Waals surface area contributed by atoms with Gasteiger partial charge in [0.25, 0.3) is 0 Å². The van der Waals surface area contributed by atoms with Crippen molar-refractivity contribution in [1.82, 2.24) is 4.90 Å². The van der Waals surface area contributed by atoms with E-state index in [4.69, 9.17) is 10.5 Å². The van der Waals surface area contributed by atoms with E-state index in [2.05, 4.69) is 36.9 Å². The highest BCUT2D eigenvalue weighted by Crippen LogP contribution is 2.31. The van der Waals surface area contributed by atoms with Crippen LogP contribution in [0.25, 0.3) is 0 Å². The van der Waals surface area contributed by atoms with Gasteiger partial charge in [-0.25, -0.2) is 0 Å². The van der Waals surface area contributed by atoms with Crippen molar-refractivity contribution in [2.45, 2.75) is 51.5 Å². The van der Waals surface area contributed by atoms with Crippen LogP contribution in [0.5, 0.6) is 5.75 Å². The van der Waals surface area contributed by atoms with Crippen molar-refractivity contribution >= 4 is 0 Å². The summed E-state index contributed by atoms with van der Waals surface area (Å²) in [6, 6.07) is 9.12. The Bertz CT molecular complexity index is 421. The first-order chi connectivity index (χ1) is 10.3. The molecule has 1 fully saturated rings. The van der Waals surface area contributed by atoms with Crippen LogP contribution in [0.4, 0.5) is 0 Å². The number of nitrogens with zero attached hydrogens (tertiary/aromatic N) is 1. The zero-order valence-electron chi connectivity index (χ0n) is 13.6. The number of nitrogens with two attached hydrogens (primary N) is 1. The van der Waals surface area contributed by atoms with Crippen molar-refractivity contribution in [1.29, 1.82) is 0 Å². The third-order valence-corrected chi connectivity index (χ3v) is 4.55. The van der Waals surface area contributed by atoms with Gasteiger partial charge in [0.2, 0.25) is 0 Å². The molecule has 1 saturated heterocycles. The number of piperidine rings is 1. The van der Waals surface area contributed by atoms with E-state index in [0.29, 0.717) is 18.5 Å². The fourth-order valence-corrected chi connectivity index (χ4v) is 3.44. The molecule has 0 spiro atoms. The van der Waals surface area contributed by atoms with Gasteiger partial charge in [0, 0.05) is 18.5 Å². The van der Waals surface area contributed by atoms with E-state index >= 15 is 0 Å². The first-order valence-corrected chi connectivity index (χ1v) is 8.47. The molecule has 3 heteroatoms. The van der Waals surface area contributed by atoms with Gasteiger partial charge in [0.1, 0.15) is 5.75 Å². The largest absolute Gasteiger partial charge is 0.494 e. The van der Waals surface area contributed by atoms with Crippen LogP contribution in [0.1, 0.15) is 51.0 Å². The second kappa shape index (κ2) is 8.40. The van der Waals surface area contributed by atoms with Gasteiger partial charge in [-0.15, -0.1) is 0 Å². The molecule has 0 aromatic heterocycles. The third kappa shape index (κ3) is 4.21. The monoisotopic (exact) mass is 290 g/mol. The summed E-state index contributed by atoms with van der Waals surface area (Å²) < 4.78 is 5.78. The van der Waals surface area contributed by atoms with Crippen LogP contribution >= 0.6 is 0 Å². The topological polar surface area (TPSA) is 38.5 Å². The minimum Gasteiger partial charge on any atom is -0.494 e. The van der Waals surface area contributed by atoms with Gasteiger partial charge < -0.3 is 15.4 Å². The van der Waals surface area contributed by atoms with Crippen molar-refractivity contribution in [2.24, 2.45) is 5.73 Å². The first kappa shape index (κ1) is 16.3. The quantitative estimate of drug-likeness (QED) is 0.836. The van der Waals surface area contributed by atoms with E-state index in [-0.39, 0.29) is 0 Å². The predicted octanol–water partition coefficient (Wildman–Crippen LogP) is 3.39. The van der Waals surface area contributed by atoms with Gasteiger partial charge in [-0.3, -0.25) is 0 Å². The minimum absolute atomic E-state index is 0.412. The molecule has 0 saturated carbocycles. The summed E-state index contributed by atoms with van der Waals surface area (Å²) in [5.74, 6) is 1.39. The molecule has 1 aliphatic rings. The maximum absolute atomic E-state index is 6.14. The Labute approximate surface area is 129 Å². The SMILES string of the molecule is CCCOc1cccc(C(CN)C2CCCCN2CC)c1. The van der Waals surface area contributed by atoms with Crippen molar-refractivity contribution in [3.8, 4) is 5.75 Å². The molecule has 21 heavy (non-hydrogen) atoms. The molecule has 1 aliphatic heterocycles. The maximum Gasteiger partial charge on any atom is 0.119 e. The van der Waals surface area contributed by atoms with E-state index in [1.807, 2.05) is 6.07 Å². The molecule has 1 aromatic rings. The molecular weight excluding hydrogens is 260 g/mol. The summed E-state index contributed by atoms with van der Waals surface area (Å²) in [5.41, 5.74) is 7.47. The summed E-state index contributed by atoms with van der Waals surface area (Å²) in [6.07, 6.45) is 4.94. The molecule has 2 atom stereocenters. The summed E-state index contributed by atoms with van der Waals surface area (Å²) in [4.78, 5) is 2.60. The first-order valence-electron chi connectivity index (χ1n) is 8.47. The maximum atomic E-state index is 6.14.